The third-order valence-electron chi connectivity index (χ3n) is 5.14. The van der Waals surface area contributed by atoms with Crippen molar-refractivity contribution in [1.82, 2.24) is 15.5 Å². The average Bonchev–Trinajstić information content (AvgIpc) is 3.21. The van der Waals surface area contributed by atoms with Crippen LogP contribution in [0.15, 0.2) is 4.42 Å². The molecule has 4 rings (SSSR count). The van der Waals surface area contributed by atoms with Gasteiger partial charge in [-0.3, -0.25) is 0 Å². The molecule has 110 valence electrons. The molecule has 1 aromatic rings. The van der Waals surface area contributed by atoms with Crippen LogP contribution in [0.3, 0.4) is 0 Å². The van der Waals surface area contributed by atoms with Crippen LogP contribution in [-0.2, 0) is 6.54 Å². The van der Waals surface area contributed by atoms with Crippen molar-refractivity contribution in [2.45, 2.75) is 57.5 Å². The molecule has 0 radical (unpaired) electrons. The van der Waals surface area contributed by atoms with E-state index in [1.807, 2.05) is 0 Å². The van der Waals surface area contributed by atoms with Gasteiger partial charge in [-0.25, -0.2) is 0 Å². The topological polar surface area (TPSA) is 54.2 Å². The zero-order valence-electron chi connectivity index (χ0n) is 12.1. The quantitative estimate of drug-likeness (QED) is 0.914. The molecule has 2 aliphatic carbocycles. The number of fused-ring (bicyclic) bond motifs is 1. The van der Waals surface area contributed by atoms with Crippen molar-refractivity contribution >= 4 is 6.01 Å². The molecule has 5 heteroatoms. The van der Waals surface area contributed by atoms with Gasteiger partial charge in [-0.15, -0.1) is 5.10 Å². The molecule has 3 fully saturated rings. The van der Waals surface area contributed by atoms with E-state index in [1.165, 1.54) is 44.9 Å². The molecule has 1 saturated heterocycles. The van der Waals surface area contributed by atoms with Crippen LogP contribution in [0, 0.1) is 11.8 Å². The molecular weight excluding hydrogens is 252 g/mol. The lowest BCUT2D eigenvalue weighted by Crippen LogP contribution is -2.42. The summed E-state index contributed by atoms with van der Waals surface area (Å²) in [7, 11) is 0. The van der Waals surface area contributed by atoms with E-state index in [4.69, 9.17) is 4.42 Å². The van der Waals surface area contributed by atoms with Gasteiger partial charge in [0, 0.05) is 19.1 Å². The Morgan fingerprint density at radius 1 is 1.05 bits per heavy atom. The Kier molecular flexibility index (Phi) is 3.38. The summed E-state index contributed by atoms with van der Waals surface area (Å²) in [6.07, 6.45) is 9.51. The first-order valence-electron chi connectivity index (χ1n) is 8.19. The van der Waals surface area contributed by atoms with Crippen LogP contribution in [0.25, 0.3) is 0 Å². The molecule has 0 amide bonds. The van der Waals surface area contributed by atoms with Gasteiger partial charge in [-0.05, 0) is 37.5 Å². The molecule has 2 heterocycles. The first-order chi connectivity index (χ1) is 9.88. The van der Waals surface area contributed by atoms with Crippen molar-refractivity contribution in [2.75, 3.05) is 18.0 Å². The summed E-state index contributed by atoms with van der Waals surface area (Å²) >= 11 is 0. The highest BCUT2D eigenvalue weighted by molar-refractivity contribution is 5.25. The molecule has 1 aliphatic heterocycles. The van der Waals surface area contributed by atoms with Gasteiger partial charge in [0.05, 0.1) is 6.54 Å². The SMILES string of the molecule is C1CCC2CN(c3nnc(CNC4CC4)o3)CCC2C1. The Balaban J connectivity index is 1.37. The zero-order valence-corrected chi connectivity index (χ0v) is 12.1. The minimum Gasteiger partial charge on any atom is -0.407 e. The van der Waals surface area contributed by atoms with Crippen LogP contribution in [0.5, 0.6) is 0 Å². The van der Waals surface area contributed by atoms with E-state index in [2.05, 4.69) is 20.4 Å². The van der Waals surface area contributed by atoms with Gasteiger partial charge in [0.2, 0.25) is 5.89 Å². The lowest BCUT2D eigenvalue weighted by molar-refractivity contribution is 0.198. The van der Waals surface area contributed by atoms with Crippen molar-refractivity contribution in [3.63, 3.8) is 0 Å². The summed E-state index contributed by atoms with van der Waals surface area (Å²) in [5, 5.41) is 11.8. The number of anilines is 1. The van der Waals surface area contributed by atoms with Gasteiger partial charge in [-0.2, -0.15) is 0 Å². The molecule has 0 bridgehead atoms. The van der Waals surface area contributed by atoms with Crippen molar-refractivity contribution in [1.29, 1.82) is 0 Å². The van der Waals surface area contributed by atoms with Crippen molar-refractivity contribution < 1.29 is 4.42 Å². The fourth-order valence-corrected chi connectivity index (χ4v) is 3.74. The molecule has 1 aromatic heterocycles. The minimum absolute atomic E-state index is 0.684. The summed E-state index contributed by atoms with van der Waals surface area (Å²) in [5.74, 6) is 2.52. The maximum Gasteiger partial charge on any atom is 0.318 e. The number of aromatic nitrogens is 2. The lowest BCUT2D eigenvalue weighted by atomic mass is 9.75. The first kappa shape index (κ1) is 12.6. The summed E-state index contributed by atoms with van der Waals surface area (Å²) in [6.45, 7) is 2.92. The van der Waals surface area contributed by atoms with Crippen LogP contribution in [0.1, 0.15) is 50.8 Å². The van der Waals surface area contributed by atoms with Crippen molar-refractivity contribution in [3.05, 3.63) is 5.89 Å². The number of piperidine rings is 1. The van der Waals surface area contributed by atoms with Crippen molar-refractivity contribution in [3.8, 4) is 0 Å². The van der Waals surface area contributed by atoms with E-state index in [-0.39, 0.29) is 0 Å². The van der Waals surface area contributed by atoms with Gasteiger partial charge >= 0.3 is 6.01 Å². The van der Waals surface area contributed by atoms with Crippen molar-refractivity contribution in [2.24, 2.45) is 11.8 Å². The Bertz CT molecular complexity index is 456. The van der Waals surface area contributed by atoms with Gasteiger partial charge in [0.15, 0.2) is 0 Å². The minimum atomic E-state index is 0.684. The third-order valence-corrected chi connectivity index (χ3v) is 5.14. The van der Waals surface area contributed by atoms with Crippen LogP contribution in [-0.4, -0.2) is 29.3 Å². The molecule has 0 spiro atoms. The highest BCUT2D eigenvalue weighted by Gasteiger charge is 2.32. The second-order valence-corrected chi connectivity index (χ2v) is 6.67. The predicted molar refractivity (Wildman–Crippen MR) is 76.4 cm³/mol. The largest absolute Gasteiger partial charge is 0.407 e. The normalized spacial score (nSPS) is 30.3. The average molecular weight is 276 g/mol. The van der Waals surface area contributed by atoms with E-state index < -0.39 is 0 Å². The molecule has 1 N–H and O–H groups in total. The number of hydrogen-bond donors (Lipinski definition) is 1. The fourth-order valence-electron chi connectivity index (χ4n) is 3.74. The summed E-state index contributed by atoms with van der Waals surface area (Å²) in [4.78, 5) is 2.31. The number of hydrogen-bond acceptors (Lipinski definition) is 5. The van der Waals surface area contributed by atoms with E-state index in [0.717, 1.165) is 43.4 Å². The predicted octanol–water partition coefficient (Wildman–Crippen LogP) is 2.34. The smallest absolute Gasteiger partial charge is 0.318 e. The zero-order chi connectivity index (χ0) is 13.4. The van der Waals surface area contributed by atoms with E-state index in [9.17, 15) is 0 Å². The highest BCUT2D eigenvalue weighted by Crippen LogP contribution is 2.37. The van der Waals surface area contributed by atoms with Crippen LogP contribution in [0.2, 0.25) is 0 Å². The van der Waals surface area contributed by atoms with Crippen LogP contribution < -0.4 is 10.2 Å². The maximum atomic E-state index is 5.82. The number of rotatable bonds is 4. The Morgan fingerprint density at radius 3 is 2.75 bits per heavy atom. The molecule has 2 saturated carbocycles. The first-order valence-corrected chi connectivity index (χ1v) is 8.19. The highest BCUT2D eigenvalue weighted by atomic mass is 16.4. The van der Waals surface area contributed by atoms with Gasteiger partial charge in [0.1, 0.15) is 0 Å². The molecule has 2 unspecified atom stereocenters. The van der Waals surface area contributed by atoms with E-state index in [1.54, 1.807) is 0 Å². The molecule has 0 aromatic carbocycles. The monoisotopic (exact) mass is 276 g/mol. The Hall–Kier alpha value is -1.10. The Labute approximate surface area is 120 Å². The van der Waals surface area contributed by atoms with E-state index in [0.29, 0.717) is 6.04 Å². The Morgan fingerprint density at radius 2 is 1.90 bits per heavy atom. The number of nitrogens with zero attached hydrogens (tertiary/aromatic N) is 3. The molecule has 20 heavy (non-hydrogen) atoms. The lowest BCUT2D eigenvalue weighted by Gasteiger charge is -2.40. The summed E-state index contributed by atoms with van der Waals surface area (Å²) < 4.78 is 5.82. The maximum absolute atomic E-state index is 5.82. The van der Waals surface area contributed by atoms with Crippen LogP contribution >= 0.6 is 0 Å². The second kappa shape index (κ2) is 5.35. The third kappa shape index (κ3) is 2.68. The molecular formula is C15H24N4O. The van der Waals surface area contributed by atoms with E-state index >= 15 is 0 Å². The van der Waals surface area contributed by atoms with Crippen LogP contribution in [0.4, 0.5) is 6.01 Å². The van der Waals surface area contributed by atoms with Gasteiger partial charge in [0.25, 0.3) is 0 Å². The molecule has 5 nitrogen and oxygen atoms in total. The van der Waals surface area contributed by atoms with Gasteiger partial charge in [-0.1, -0.05) is 24.4 Å². The summed E-state index contributed by atoms with van der Waals surface area (Å²) in [5.41, 5.74) is 0. The standard InChI is InChI=1S/C15H24N4O/c1-2-4-12-10-19(8-7-11(12)3-1)15-18-17-14(20-15)9-16-13-5-6-13/h11-13,16H,1-10H2. The molecule has 2 atom stereocenters. The van der Waals surface area contributed by atoms with Gasteiger partial charge < -0.3 is 14.6 Å². The fraction of sp³-hybridized carbons (Fsp3) is 0.867. The molecule has 3 aliphatic rings. The number of nitrogens with one attached hydrogen (secondary N) is 1. The second-order valence-electron chi connectivity index (χ2n) is 6.67. The summed E-state index contributed by atoms with van der Waals surface area (Å²) in [6, 6.07) is 1.42.